The third-order valence-corrected chi connectivity index (χ3v) is 5.51. The van der Waals surface area contributed by atoms with Crippen molar-refractivity contribution in [1.82, 2.24) is 14.6 Å². The summed E-state index contributed by atoms with van der Waals surface area (Å²) in [6, 6.07) is 13.3. The molecule has 0 aliphatic carbocycles. The minimum atomic E-state index is -4.57. The molecule has 4 rings (SSSR count). The second-order valence-corrected chi connectivity index (χ2v) is 10.0. The molecule has 2 amide bonds. The van der Waals surface area contributed by atoms with Crippen molar-refractivity contribution in [2.24, 2.45) is 0 Å². The van der Waals surface area contributed by atoms with Crippen molar-refractivity contribution in [2.45, 2.75) is 6.18 Å². The Morgan fingerprint density at radius 2 is 1.78 bits per heavy atom. The number of carbonyl (C=O) groups is 2. The Labute approximate surface area is 208 Å². The molecule has 0 saturated carbocycles. The number of hydrogen-bond acceptors (Lipinski definition) is 7. The summed E-state index contributed by atoms with van der Waals surface area (Å²) in [5.74, 6) is -1.67. The molecule has 4 aromatic rings. The predicted molar refractivity (Wildman–Crippen MR) is 127 cm³/mol. The van der Waals surface area contributed by atoms with Gasteiger partial charge >= 0.3 is 6.18 Å². The quantitative estimate of drug-likeness (QED) is 0.370. The molecule has 0 atom stereocenters. The molecule has 0 spiro atoms. The van der Waals surface area contributed by atoms with E-state index in [1.807, 2.05) is 0 Å². The number of alkyl halides is 3. The highest BCUT2D eigenvalue weighted by Gasteiger charge is 2.30. The van der Waals surface area contributed by atoms with E-state index in [9.17, 15) is 31.2 Å². The molecule has 0 aliphatic rings. The number of imidazole rings is 1. The number of anilines is 2. The van der Waals surface area contributed by atoms with Crippen molar-refractivity contribution < 1.29 is 35.9 Å². The van der Waals surface area contributed by atoms with Gasteiger partial charge in [-0.15, -0.1) is 5.10 Å². The smallest absolute Gasteiger partial charge is 0.416 e. The number of sulfone groups is 1. The number of halogens is 3. The number of hydrogen-bond donors (Lipinski definition) is 2. The van der Waals surface area contributed by atoms with Crippen LogP contribution in [-0.4, -0.2) is 46.8 Å². The number of fused-ring (bicyclic) bond motifs is 1. The van der Waals surface area contributed by atoms with Gasteiger partial charge in [0.25, 0.3) is 5.91 Å². The average molecular weight is 533 g/mol. The normalized spacial score (nSPS) is 11.8. The highest BCUT2D eigenvalue weighted by molar-refractivity contribution is 7.91. The van der Waals surface area contributed by atoms with E-state index in [1.165, 1.54) is 35.0 Å². The van der Waals surface area contributed by atoms with E-state index >= 15 is 0 Å². The molecule has 10 nitrogen and oxygen atoms in total. The molecule has 2 aromatic carbocycles. The predicted octanol–water partition coefficient (Wildman–Crippen LogP) is 3.78. The first kappa shape index (κ1) is 25.6. The number of carbonyl (C=O) groups excluding carboxylic acids is 2. The van der Waals surface area contributed by atoms with Gasteiger partial charge in [0, 0.05) is 29.6 Å². The molecule has 0 saturated heterocycles. The van der Waals surface area contributed by atoms with Gasteiger partial charge in [0.15, 0.2) is 21.3 Å². The Balaban J connectivity index is 1.46. The van der Waals surface area contributed by atoms with Gasteiger partial charge in [-0.25, -0.2) is 17.9 Å². The van der Waals surface area contributed by atoms with Crippen LogP contribution in [0.5, 0.6) is 11.6 Å². The van der Waals surface area contributed by atoms with E-state index in [0.29, 0.717) is 5.65 Å². The lowest BCUT2D eigenvalue weighted by Crippen LogP contribution is -2.22. The molecule has 2 N–H and O–H groups in total. The molecule has 2 aromatic heterocycles. The van der Waals surface area contributed by atoms with Crippen LogP contribution >= 0.6 is 0 Å². The Kier molecular flexibility index (Phi) is 6.85. The fraction of sp³-hybridized carbons (Fsp3) is 0.130. The van der Waals surface area contributed by atoms with Crippen molar-refractivity contribution in [2.75, 3.05) is 22.6 Å². The van der Waals surface area contributed by atoms with Gasteiger partial charge in [-0.1, -0.05) is 12.1 Å². The fourth-order valence-corrected chi connectivity index (χ4v) is 3.74. The minimum Gasteiger partial charge on any atom is -0.438 e. The molecule has 0 bridgehead atoms. The monoisotopic (exact) mass is 533 g/mol. The zero-order chi connectivity index (χ0) is 26.8. The average Bonchev–Trinajstić information content (AvgIpc) is 3.19. The van der Waals surface area contributed by atoms with Crippen LogP contribution in [0.4, 0.5) is 24.7 Å². The van der Waals surface area contributed by atoms with Crippen molar-refractivity contribution in [3.8, 4) is 11.6 Å². The van der Waals surface area contributed by atoms with E-state index < -0.39 is 39.1 Å². The first-order chi connectivity index (χ1) is 17.4. The van der Waals surface area contributed by atoms with Crippen LogP contribution in [0, 0.1) is 0 Å². The van der Waals surface area contributed by atoms with Gasteiger partial charge in [-0.3, -0.25) is 9.59 Å². The minimum absolute atomic E-state index is 0.0950. The highest BCUT2D eigenvalue weighted by atomic mass is 32.2. The Bertz CT molecular complexity index is 1600. The van der Waals surface area contributed by atoms with E-state index in [4.69, 9.17) is 4.74 Å². The molecule has 0 aliphatic heterocycles. The Morgan fingerprint density at radius 3 is 2.51 bits per heavy atom. The summed E-state index contributed by atoms with van der Waals surface area (Å²) < 4.78 is 68.3. The number of nitrogens with one attached hydrogen (secondary N) is 2. The third kappa shape index (κ3) is 6.82. The van der Waals surface area contributed by atoms with Crippen LogP contribution < -0.4 is 15.4 Å². The number of amides is 2. The van der Waals surface area contributed by atoms with Crippen LogP contribution in [0.15, 0.2) is 66.9 Å². The molecule has 0 radical (unpaired) electrons. The molecular formula is C23H18F3N5O5S. The lowest BCUT2D eigenvalue weighted by atomic mass is 10.1. The van der Waals surface area contributed by atoms with E-state index in [0.717, 1.165) is 24.5 Å². The first-order valence-electron chi connectivity index (χ1n) is 10.5. The van der Waals surface area contributed by atoms with E-state index in [2.05, 4.69) is 20.7 Å². The number of rotatable bonds is 7. The summed E-state index contributed by atoms with van der Waals surface area (Å²) >= 11 is 0. The SMILES string of the molecule is CS(=O)(=O)CC(=O)Nc1cn2nc(Oc3cccc(NC(=O)c4cccc(C(F)(F)F)c4)c3)ccc2n1. The number of ether oxygens (including phenoxy) is 1. The molecule has 14 heteroatoms. The first-order valence-corrected chi connectivity index (χ1v) is 12.5. The molecule has 2 heterocycles. The summed E-state index contributed by atoms with van der Waals surface area (Å²) in [4.78, 5) is 28.4. The maximum Gasteiger partial charge on any atom is 0.416 e. The number of benzene rings is 2. The highest BCUT2D eigenvalue weighted by Crippen LogP contribution is 2.30. The van der Waals surface area contributed by atoms with Crippen LogP contribution in [0.1, 0.15) is 15.9 Å². The maximum atomic E-state index is 12.9. The summed E-state index contributed by atoms with van der Waals surface area (Å²) in [7, 11) is -3.50. The van der Waals surface area contributed by atoms with Gasteiger partial charge in [0.2, 0.25) is 11.8 Å². The third-order valence-electron chi connectivity index (χ3n) is 4.72. The lowest BCUT2D eigenvalue weighted by molar-refractivity contribution is -0.137. The molecule has 192 valence electrons. The molecule has 0 unspecified atom stereocenters. The zero-order valence-corrected chi connectivity index (χ0v) is 19.8. The van der Waals surface area contributed by atoms with Crippen LogP contribution in [0.3, 0.4) is 0 Å². The molecular weight excluding hydrogens is 515 g/mol. The van der Waals surface area contributed by atoms with Crippen molar-refractivity contribution in [3.63, 3.8) is 0 Å². The standard InChI is InChI=1S/C23H18F3N5O5S/c1-37(34,35)13-20(32)29-18-12-31-19(28-18)8-9-21(30-31)36-17-7-3-6-16(11-17)27-22(33)14-4-2-5-15(10-14)23(24,25)26/h2-12H,13H2,1H3,(H,27,33)(H,29,32). The van der Waals surface area contributed by atoms with Crippen LogP contribution in [-0.2, 0) is 20.8 Å². The van der Waals surface area contributed by atoms with Gasteiger partial charge < -0.3 is 15.4 Å². The largest absolute Gasteiger partial charge is 0.438 e. The van der Waals surface area contributed by atoms with Gasteiger partial charge in [-0.2, -0.15) is 13.2 Å². The van der Waals surface area contributed by atoms with E-state index in [1.54, 1.807) is 18.2 Å². The van der Waals surface area contributed by atoms with Crippen molar-refractivity contribution in [1.29, 1.82) is 0 Å². The van der Waals surface area contributed by atoms with Gasteiger partial charge in [0.1, 0.15) is 11.5 Å². The number of aromatic nitrogens is 3. The van der Waals surface area contributed by atoms with Gasteiger partial charge in [0.05, 0.1) is 11.8 Å². The Morgan fingerprint density at radius 1 is 1.03 bits per heavy atom. The molecule has 0 fully saturated rings. The zero-order valence-electron chi connectivity index (χ0n) is 19.0. The summed E-state index contributed by atoms with van der Waals surface area (Å²) in [6.45, 7) is 0. The summed E-state index contributed by atoms with van der Waals surface area (Å²) in [6.07, 6.45) is -2.27. The van der Waals surface area contributed by atoms with Crippen LogP contribution in [0.25, 0.3) is 5.65 Å². The molecule has 37 heavy (non-hydrogen) atoms. The van der Waals surface area contributed by atoms with Gasteiger partial charge in [-0.05, 0) is 36.4 Å². The van der Waals surface area contributed by atoms with Crippen LogP contribution in [0.2, 0.25) is 0 Å². The maximum absolute atomic E-state index is 12.9. The fourth-order valence-electron chi connectivity index (χ4n) is 3.19. The Hall–Kier alpha value is -4.46. The lowest BCUT2D eigenvalue weighted by Gasteiger charge is -2.10. The van der Waals surface area contributed by atoms with E-state index in [-0.39, 0.29) is 28.7 Å². The van der Waals surface area contributed by atoms with Crippen molar-refractivity contribution >= 4 is 38.8 Å². The number of nitrogens with zero attached hydrogens (tertiary/aromatic N) is 3. The van der Waals surface area contributed by atoms with Crippen molar-refractivity contribution in [3.05, 3.63) is 78.0 Å². The second-order valence-electron chi connectivity index (χ2n) is 7.88. The summed E-state index contributed by atoms with van der Waals surface area (Å²) in [5.41, 5.74) is -0.465. The summed E-state index contributed by atoms with van der Waals surface area (Å²) in [5, 5.41) is 9.11. The second kappa shape index (κ2) is 9.89. The topological polar surface area (TPSA) is 132 Å².